The fraction of sp³-hybridized carbons (Fsp3) is 0.357. The highest BCUT2D eigenvalue weighted by molar-refractivity contribution is 6.07. The molecule has 1 amide bonds. The molecule has 7 heteroatoms. The van der Waals surface area contributed by atoms with Gasteiger partial charge in [0.2, 0.25) is 0 Å². The van der Waals surface area contributed by atoms with E-state index in [1.54, 1.807) is 28.7 Å². The minimum absolute atomic E-state index is 0.128. The van der Waals surface area contributed by atoms with Crippen molar-refractivity contribution in [2.75, 3.05) is 12.4 Å². The van der Waals surface area contributed by atoms with Crippen molar-refractivity contribution >= 4 is 11.6 Å². The van der Waals surface area contributed by atoms with Crippen LogP contribution in [0.25, 0.3) is 0 Å². The smallest absolute Gasteiger partial charge is 0.261 e. The van der Waals surface area contributed by atoms with Crippen LogP contribution in [0.3, 0.4) is 0 Å². The molecule has 0 spiro atoms. The Kier molecular flexibility index (Phi) is 3.25. The third-order valence-electron chi connectivity index (χ3n) is 3.59. The van der Waals surface area contributed by atoms with Crippen molar-refractivity contribution in [3.63, 3.8) is 0 Å². The quantitative estimate of drug-likeness (QED) is 0.905. The van der Waals surface area contributed by atoms with Gasteiger partial charge >= 0.3 is 0 Å². The van der Waals surface area contributed by atoms with Crippen molar-refractivity contribution in [3.05, 3.63) is 40.1 Å². The van der Waals surface area contributed by atoms with E-state index in [4.69, 9.17) is 4.74 Å². The van der Waals surface area contributed by atoms with Crippen LogP contribution in [0, 0.1) is 0 Å². The van der Waals surface area contributed by atoms with Crippen molar-refractivity contribution in [2.45, 2.75) is 19.4 Å². The Balaban J connectivity index is 2.03. The van der Waals surface area contributed by atoms with Gasteiger partial charge in [-0.05, 0) is 12.8 Å². The first kappa shape index (κ1) is 13.4. The molecule has 0 unspecified atom stereocenters. The van der Waals surface area contributed by atoms with E-state index in [1.807, 2.05) is 0 Å². The molecule has 110 valence electrons. The number of hydrogen-bond donors (Lipinski definition) is 1. The van der Waals surface area contributed by atoms with E-state index in [1.165, 1.54) is 13.2 Å². The van der Waals surface area contributed by atoms with Gasteiger partial charge < -0.3 is 14.6 Å². The fourth-order valence-corrected chi connectivity index (χ4v) is 2.67. The lowest BCUT2D eigenvalue weighted by Gasteiger charge is -2.13. The van der Waals surface area contributed by atoms with Crippen LogP contribution in [0.4, 0.5) is 5.69 Å². The summed E-state index contributed by atoms with van der Waals surface area (Å²) in [5, 5.41) is 6.79. The van der Waals surface area contributed by atoms with Gasteiger partial charge in [-0.3, -0.25) is 14.3 Å². The number of nitrogens with zero attached hydrogens (tertiary/aromatic N) is 3. The molecule has 0 atom stereocenters. The SMILES string of the molecule is COc1cc(=O)n2c(c1C(=O)Nc1cnn(C)c1)CCC2. The van der Waals surface area contributed by atoms with Crippen LogP contribution in [0.5, 0.6) is 5.75 Å². The molecule has 0 radical (unpaired) electrons. The second kappa shape index (κ2) is 5.08. The number of nitrogens with one attached hydrogen (secondary N) is 1. The van der Waals surface area contributed by atoms with Crippen molar-refractivity contribution in [1.82, 2.24) is 14.3 Å². The molecular weight excluding hydrogens is 272 g/mol. The molecule has 1 N–H and O–H groups in total. The maximum Gasteiger partial charge on any atom is 0.261 e. The summed E-state index contributed by atoms with van der Waals surface area (Å²) in [7, 11) is 3.23. The van der Waals surface area contributed by atoms with Gasteiger partial charge in [0.15, 0.2) is 0 Å². The fourth-order valence-electron chi connectivity index (χ4n) is 2.67. The Labute approximate surface area is 121 Å². The number of rotatable bonds is 3. The number of ether oxygens (including phenoxy) is 1. The van der Waals surface area contributed by atoms with Crippen molar-refractivity contribution in [1.29, 1.82) is 0 Å². The summed E-state index contributed by atoms with van der Waals surface area (Å²) in [6.45, 7) is 0.644. The van der Waals surface area contributed by atoms with Crippen LogP contribution >= 0.6 is 0 Å². The number of carbonyl (C=O) groups excluding carboxylic acids is 1. The second-order valence-electron chi connectivity index (χ2n) is 4.98. The summed E-state index contributed by atoms with van der Waals surface area (Å²) in [5.41, 5.74) is 1.64. The number of carbonyl (C=O) groups is 1. The second-order valence-corrected chi connectivity index (χ2v) is 4.98. The lowest BCUT2D eigenvalue weighted by atomic mass is 10.1. The van der Waals surface area contributed by atoms with Crippen LogP contribution < -0.4 is 15.6 Å². The largest absolute Gasteiger partial charge is 0.496 e. The average molecular weight is 288 g/mol. The number of anilines is 1. The van der Waals surface area contributed by atoms with E-state index in [2.05, 4.69) is 10.4 Å². The van der Waals surface area contributed by atoms with Crippen molar-refractivity contribution < 1.29 is 9.53 Å². The highest BCUT2D eigenvalue weighted by Gasteiger charge is 2.25. The van der Waals surface area contributed by atoms with Crippen LogP contribution in [0.15, 0.2) is 23.3 Å². The number of pyridine rings is 1. The zero-order valence-corrected chi connectivity index (χ0v) is 11.9. The van der Waals surface area contributed by atoms with Crippen molar-refractivity contribution in [3.8, 4) is 5.75 Å². The first-order valence-corrected chi connectivity index (χ1v) is 6.71. The highest BCUT2D eigenvalue weighted by atomic mass is 16.5. The molecule has 0 aliphatic carbocycles. The Hall–Kier alpha value is -2.57. The van der Waals surface area contributed by atoms with Gasteiger partial charge in [0.05, 0.1) is 19.0 Å². The van der Waals surface area contributed by atoms with Crippen LogP contribution in [0.1, 0.15) is 22.5 Å². The highest BCUT2D eigenvalue weighted by Crippen LogP contribution is 2.26. The Bertz CT molecular complexity index is 760. The molecular formula is C14H16N4O3. The molecule has 3 rings (SSSR count). The molecule has 0 fully saturated rings. The lowest BCUT2D eigenvalue weighted by molar-refractivity contribution is 0.102. The van der Waals surface area contributed by atoms with E-state index >= 15 is 0 Å². The van der Waals surface area contributed by atoms with Gasteiger partial charge in [-0.25, -0.2) is 0 Å². The molecule has 2 aromatic rings. The van der Waals surface area contributed by atoms with Crippen molar-refractivity contribution in [2.24, 2.45) is 7.05 Å². The number of fused-ring (bicyclic) bond motifs is 1. The Morgan fingerprint density at radius 2 is 2.29 bits per heavy atom. The van der Waals surface area contributed by atoms with E-state index in [9.17, 15) is 9.59 Å². The van der Waals surface area contributed by atoms with Crippen LogP contribution in [0.2, 0.25) is 0 Å². The van der Waals surface area contributed by atoms with Gasteiger partial charge in [-0.15, -0.1) is 0 Å². The minimum atomic E-state index is -0.287. The third-order valence-corrected chi connectivity index (χ3v) is 3.59. The Morgan fingerprint density at radius 3 is 2.95 bits per heavy atom. The summed E-state index contributed by atoms with van der Waals surface area (Å²) in [6, 6.07) is 1.37. The van der Waals surface area contributed by atoms with Gasteiger partial charge in [-0.1, -0.05) is 0 Å². The Morgan fingerprint density at radius 1 is 1.48 bits per heavy atom. The predicted molar refractivity (Wildman–Crippen MR) is 76.7 cm³/mol. The maximum atomic E-state index is 12.5. The van der Waals surface area contributed by atoms with E-state index in [0.29, 0.717) is 30.0 Å². The van der Waals surface area contributed by atoms with E-state index < -0.39 is 0 Å². The zero-order valence-electron chi connectivity index (χ0n) is 11.9. The van der Waals surface area contributed by atoms with Gasteiger partial charge in [0, 0.05) is 31.5 Å². The zero-order chi connectivity index (χ0) is 15.0. The summed E-state index contributed by atoms with van der Waals surface area (Å²) in [5.74, 6) is 0.0278. The first-order chi connectivity index (χ1) is 10.1. The monoisotopic (exact) mass is 288 g/mol. The van der Waals surface area contributed by atoms with Gasteiger partial charge in [-0.2, -0.15) is 5.10 Å². The molecule has 1 aliphatic heterocycles. The number of hydrogen-bond acceptors (Lipinski definition) is 4. The summed E-state index contributed by atoms with van der Waals surface area (Å²) >= 11 is 0. The summed E-state index contributed by atoms with van der Waals surface area (Å²) < 4.78 is 8.46. The number of methoxy groups -OCH3 is 1. The van der Waals surface area contributed by atoms with Crippen LogP contribution in [-0.2, 0) is 20.0 Å². The molecule has 0 aromatic carbocycles. The normalized spacial score (nSPS) is 13.0. The molecule has 7 nitrogen and oxygen atoms in total. The predicted octanol–water partition coefficient (Wildman–Crippen LogP) is 0.789. The number of amides is 1. The van der Waals surface area contributed by atoms with Gasteiger partial charge in [0.1, 0.15) is 11.3 Å². The maximum absolute atomic E-state index is 12.5. The van der Waals surface area contributed by atoms with Crippen LogP contribution in [-0.4, -0.2) is 27.4 Å². The number of aryl methyl sites for hydroxylation is 1. The summed E-state index contributed by atoms with van der Waals surface area (Å²) in [4.78, 5) is 24.5. The molecule has 2 aromatic heterocycles. The molecule has 1 aliphatic rings. The molecule has 21 heavy (non-hydrogen) atoms. The third kappa shape index (κ3) is 2.31. The van der Waals surface area contributed by atoms with E-state index in [-0.39, 0.29) is 11.5 Å². The lowest BCUT2D eigenvalue weighted by Crippen LogP contribution is -2.24. The molecule has 0 saturated carbocycles. The average Bonchev–Trinajstić information content (AvgIpc) is 3.07. The minimum Gasteiger partial charge on any atom is -0.496 e. The van der Waals surface area contributed by atoms with Gasteiger partial charge in [0.25, 0.3) is 11.5 Å². The van der Waals surface area contributed by atoms with E-state index in [0.717, 1.165) is 12.1 Å². The summed E-state index contributed by atoms with van der Waals surface area (Å²) in [6.07, 6.45) is 4.83. The standard InChI is InChI=1S/C14H16N4O3/c1-17-8-9(7-15-17)16-14(20)13-10-4-3-5-18(10)12(19)6-11(13)21-2/h6-8H,3-5H2,1-2H3,(H,16,20). The topological polar surface area (TPSA) is 78.2 Å². The molecule has 0 saturated heterocycles. The number of aromatic nitrogens is 3. The molecule has 0 bridgehead atoms. The first-order valence-electron chi connectivity index (χ1n) is 6.71. The molecule has 3 heterocycles.